The van der Waals surface area contributed by atoms with Crippen molar-refractivity contribution < 1.29 is 17.9 Å². The zero-order chi connectivity index (χ0) is 20.7. The van der Waals surface area contributed by atoms with Gasteiger partial charge in [-0.25, -0.2) is 8.42 Å². The number of sulfonamides is 1. The molecule has 158 valence electrons. The third kappa shape index (κ3) is 6.55. The van der Waals surface area contributed by atoms with E-state index in [-0.39, 0.29) is 16.5 Å². The monoisotopic (exact) mass is 436 g/mol. The molecule has 1 fully saturated rings. The molecule has 2 unspecified atom stereocenters. The SMILES string of the molecule is CC1CCCCC1OCCNC(=O)Cc1ccc(NS(=O)(=O)c2cccs2)cc1. The van der Waals surface area contributed by atoms with Crippen LogP contribution in [-0.2, 0) is 26.0 Å². The van der Waals surface area contributed by atoms with Crippen LogP contribution in [0.5, 0.6) is 0 Å². The van der Waals surface area contributed by atoms with Crippen LogP contribution < -0.4 is 10.0 Å². The summed E-state index contributed by atoms with van der Waals surface area (Å²) >= 11 is 1.17. The first-order valence-corrected chi connectivity index (χ1v) is 12.3. The van der Waals surface area contributed by atoms with E-state index in [2.05, 4.69) is 17.0 Å². The normalized spacial score (nSPS) is 19.6. The van der Waals surface area contributed by atoms with Crippen molar-refractivity contribution in [3.63, 3.8) is 0 Å². The molecule has 1 heterocycles. The maximum Gasteiger partial charge on any atom is 0.271 e. The molecule has 0 bridgehead atoms. The van der Waals surface area contributed by atoms with Gasteiger partial charge in [-0.15, -0.1) is 11.3 Å². The second-order valence-corrected chi connectivity index (χ2v) is 10.3. The molecule has 2 aromatic rings. The molecule has 0 spiro atoms. The third-order valence-corrected chi connectivity index (χ3v) is 7.90. The minimum absolute atomic E-state index is 0.0720. The topological polar surface area (TPSA) is 84.5 Å². The Labute approximate surface area is 176 Å². The summed E-state index contributed by atoms with van der Waals surface area (Å²) in [5.74, 6) is 0.521. The molecule has 2 N–H and O–H groups in total. The van der Waals surface area contributed by atoms with Crippen LogP contribution >= 0.6 is 11.3 Å². The molecule has 0 radical (unpaired) electrons. The van der Waals surface area contributed by atoms with Crippen molar-refractivity contribution in [3.05, 3.63) is 47.3 Å². The number of carbonyl (C=O) groups is 1. The van der Waals surface area contributed by atoms with E-state index in [1.165, 1.54) is 30.6 Å². The molecule has 0 saturated heterocycles. The van der Waals surface area contributed by atoms with Crippen molar-refractivity contribution in [2.75, 3.05) is 17.9 Å². The second-order valence-electron chi connectivity index (χ2n) is 7.43. The number of benzene rings is 1. The summed E-state index contributed by atoms with van der Waals surface area (Å²) < 4.78 is 33.2. The molecule has 1 saturated carbocycles. The highest BCUT2D eigenvalue weighted by atomic mass is 32.2. The van der Waals surface area contributed by atoms with Crippen molar-refractivity contribution in [1.82, 2.24) is 5.32 Å². The Bertz CT molecular complexity index is 880. The Morgan fingerprint density at radius 1 is 1.17 bits per heavy atom. The maximum atomic E-state index is 12.2. The molecule has 2 atom stereocenters. The summed E-state index contributed by atoms with van der Waals surface area (Å²) in [5.41, 5.74) is 1.29. The number of carbonyl (C=O) groups excluding carboxylic acids is 1. The first-order valence-electron chi connectivity index (χ1n) is 9.97. The largest absolute Gasteiger partial charge is 0.376 e. The van der Waals surface area contributed by atoms with E-state index in [0.29, 0.717) is 30.9 Å². The van der Waals surface area contributed by atoms with Gasteiger partial charge in [0.2, 0.25) is 5.91 Å². The van der Waals surface area contributed by atoms with Crippen LogP contribution in [0.15, 0.2) is 46.0 Å². The van der Waals surface area contributed by atoms with Gasteiger partial charge >= 0.3 is 0 Å². The average molecular weight is 437 g/mol. The molecule has 8 heteroatoms. The molecule has 6 nitrogen and oxygen atoms in total. The summed E-state index contributed by atoms with van der Waals surface area (Å²) in [6.07, 6.45) is 5.39. The lowest BCUT2D eigenvalue weighted by molar-refractivity contribution is -0.120. The molecule has 0 aliphatic heterocycles. The molecular formula is C21H28N2O4S2. The lowest BCUT2D eigenvalue weighted by Crippen LogP contribution is -2.32. The number of thiophene rings is 1. The molecule has 29 heavy (non-hydrogen) atoms. The fraction of sp³-hybridized carbons (Fsp3) is 0.476. The third-order valence-electron chi connectivity index (χ3n) is 5.12. The van der Waals surface area contributed by atoms with E-state index in [4.69, 9.17) is 4.74 Å². The zero-order valence-electron chi connectivity index (χ0n) is 16.6. The van der Waals surface area contributed by atoms with E-state index in [1.54, 1.807) is 41.8 Å². The standard InChI is InChI=1S/C21H28N2O4S2/c1-16-5-2-3-6-19(16)27-13-12-22-20(24)15-17-8-10-18(11-9-17)23-29(25,26)21-7-4-14-28-21/h4,7-11,14,16,19,23H,2-3,5-6,12-13,15H2,1H3,(H,22,24). The van der Waals surface area contributed by atoms with E-state index >= 15 is 0 Å². The Morgan fingerprint density at radius 2 is 1.93 bits per heavy atom. The van der Waals surface area contributed by atoms with Crippen molar-refractivity contribution in [1.29, 1.82) is 0 Å². The molecule has 1 aliphatic carbocycles. The maximum absolute atomic E-state index is 12.2. The summed E-state index contributed by atoms with van der Waals surface area (Å²) in [7, 11) is -3.56. The highest BCUT2D eigenvalue weighted by Crippen LogP contribution is 2.26. The van der Waals surface area contributed by atoms with Crippen molar-refractivity contribution in [3.8, 4) is 0 Å². The van der Waals surface area contributed by atoms with Crippen LogP contribution in [0.1, 0.15) is 38.2 Å². The number of hydrogen-bond donors (Lipinski definition) is 2. The summed E-state index contributed by atoms with van der Waals surface area (Å²) in [5, 5.41) is 4.60. The quantitative estimate of drug-likeness (QED) is 0.586. The summed E-state index contributed by atoms with van der Waals surface area (Å²) in [6, 6.07) is 10.1. The van der Waals surface area contributed by atoms with Gasteiger partial charge in [-0.05, 0) is 47.9 Å². The summed E-state index contributed by atoms with van der Waals surface area (Å²) in [4.78, 5) is 12.1. The molecule has 1 aromatic carbocycles. The van der Waals surface area contributed by atoms with Crippen molar-refractivity contribution in [2.24, 2.45) is 5.92 Å². The van der Waals surface area contributed by atoms with Crippen LogP contribution in [0.4, 0.5) is 5.69 Å². The van der Waals surface area contributed by atoms with Crippen LogP contribution in [0.3, 0.4) is 0 Å². The van der Waals surface area contributed by atoms with Crippen LogP contribution in [0.2, 0.25) is 0 Å². The Hall–Kier alpha value is -1.90. The minimum atomic E-state index is -3.56. The molecule has 1 amide bonds. The molecule has 3 rings (SSSR count). The fourth-order valence-electron chi connectivity index (χ4n) is 3.49. The van der Waals surface area contributed by atoms with Crippen LogP contribution in [-0.4, -0.2) is 33.6 Å². The highest BCUT2D eigenvalue weighted by molar-refractivity contribution is 7.94. The van der Waals surface area contributed by atoms with E-state index < -0.39 is 10.0 Å². The second kappa shape index (κ2) is 10.2. The van der Waals surface area contributed by atoms with Gasteiger partial charge in [0.25, 0.3) is 10.0 Å². The molecule has 1 aliphatic rings. The van der Waals surface area contributed by atoms with Crippen LogP contribution in [0.25, 0.3) is 0 Å². The molecular weight excluding hydrogens is 408 g/mol. The number of hydrogen-bond acceptors (Lipinski definition) is 5. The van der Waals surface area contributed by atoms with Gasteiger partial charge in [-0.2, -0.15) is 0 Å². The van der Waals surface area contributed by atoms with Crippen LogP contribution in [0, 0.1) is 5.92 Å². The van der Waals surface area contributed by atoms with E-state index in [9.17, 15) is 13.2 Å². The number of rotatable bonds is 9. The van der Waals surface area contributed by atoms with Gasteiger partial charge in [0, 0.05) is 12.2 Å². The lowest BCUT2D eigenvalue weighted by atomic mass is 9.88. The van der Waals surface area contributed by atoms with E-state index in [0.717, 1.165) is 12.0 Å². The summed E-state index contributed by atoms with van der Waals surface area (Å²) in [6.45, 7) is 3.26. The van der Waals surface area contributed by atoms with Gasteiger partial charge < -0.3 is 10.1 Å². The molecule has 1 aromatic heterocycles. The predicted molar refractivity (Wildman–Crippen MR) is 116 cm³/mol. The van der Waals surface area contributed by atoms with Gasteiger partial charge in [0.05, 0.1) is 19.1 Å². The highest BCUT2D eigenvalue weighted by Gasteiger charge is 2.21. The fourth-order valence-corrected chi connectivity index (χ4v) is 5.54. The predicted octanol–water partition coefficient (Wildman–Crippen LogP) is 3.80. The average Bonchev–Trinajstić information content (AvgIpc) is 3.24. The zero-order valence-corrected chi connectivity index (χ0v) is 18.2. The van der Waals surface area contributed by atoms with Gasteiger partial charge in [0.1, 0.15) is 4.21 Å². The van der Waals surface area contributed by atoms with Crippen molar-refractivity contribution in [2.45, 2.75) is 49.3 Å². The number of amides is 1. The van der Waals surface area contributed by atoms with Gasteiger partial charge in [0.15, 0.2) is 0 Å². The first-order chi connectivity index (χ1) is 13.9. The Kier molecular flexibility index (Phi) is 7.69. The first kappa shape index (κ1) is 21.8. The van der Waals surface area contributed by atoms with E-state index in [1.807, 2.05) is 0 Å². The number of anilines is 1. The minimum Gasteiger partial charge on any atom is -0.376 e. The Morgan fingerprint density at radius 3 is 2.62 bits per heavy atom. The smallest absolute Gasteiger partial charge is 0.271 e. The number of ether oxygens (including phenoxy) is 1. The van der Waals surface area contributed by atoms with Crippen molar-refractivity contribution >= 4 is 33.0 Å². The van der Waals surface area contributed by atoms with Gasteiger partial charge in [-0.3, -0.25) is 9.52 Å². The Balaban J connectivity index is 1.40. The lowest BCUT2D eigenvalue weighted by Gasteiger charge is -2.28. The number of nitrogens with one attached hydrogen (secondary N) is 2. The van der Waals surface area contributed by atoms with Gasteiger partial charge in [-0.1, -0.05) is 38.0 Å².